The van der Waals surface area contributed by atoms with Crippen LogP contribution < -0.4 is 5.32 Å². The van der Waals surface area contributed by atoms with Crippen LogP contribution in [0.5, 0.6) is 0 Å². The Morgan fingerprint density at radius 2 is 1.83 bits per heavy atom. The Kier molecular flexibility index (Phi) is 3.85. The highest BCUT2D eigenvalue weighted by Crippen LogP contribution is 2.24. The van der Waals surface area contributed by atoms with Crippen molar-refractivity contribution < 1.29 is 9.90 Å². The Morgan fingerprint density at radius 3 is 2.50 bits per heavy atom. The minimum Gasteiger partial charge on any atom is -0.478 e. The number of carbonyl (C=O) groups is 1. The maximum atomic E-state index is 11.1. The van der Waals surface area contributed by atoms with Crippen LogP contribution in [0.1, 0.15) is 15.9 Å². The minimum absolute atomic E-state index is 0.107. The zero-order chi connectivity index (χ0) is 13.0. The fourth-order valence-corrected chi connectivity index (χ4v) is 1.94. The van der Waals surface area contributed by atoms with Gasteiger partial charge in [0.25, 0.3) is 0 Å². The van der Waals surface area contributed by atoms with Gasteiger partial charge in [-0.3, -0.25) is 0 Å². The summed E-state index contributed by atoms with van der Waals surface area (Å²) in [6.45, 7) is 0.557. The largest absolute Gasteiger partial charge is 0.478 e. The van der Waals surface area contributed by atoms with Crippen LogP contribution in [0.4, 0.5) is 5.69 Å². The summed E-state index contributed by atoms with van der Waals surface area (Å²) in [5.74, 6) is -1.03. The first-order valence-electron chi connectivity index (χ1n) is 5.48. The summed E-state index contributed by atoms with van der Waals surface area (Å²) in [5, 5.41) is 12.4. The topological polar surface area (TPSA) is 49.3 Å². The molecule has 0 saturated carbocycles. The lowest BCUT2D eigenvalue weighted by Gasteiger charge is -2.10. The summed E-state index contributed by atoms with van der Waals surface area (Å²) in [4.78, 5) is 11.1. The van der Waals surface area contributed by atoms with Gasteiger partial charge in [0.2, 0.25) is 0 Å². The van der Waals surface area contributed by atoms with Crippen molar-refractivity contribution >= 4 is 23.3 Å². The molecular formula is C14H12ClNO2. The van der Waals surface area contributed by atoms with Gasteiger partial charge >= 0.3 is 5.97 Å². The van der Waals surface area contributed by atoms with Gasteiger partial charge < -0.3 is 10.4 Å². The van der Waals surface area contributed by atoms with E-state index in [0.29, 0.717) is 12.2 Å². The molecular weight excluding hydrogens is 250 g/mol. The lowest BCUT2D eigenvalue weighted by molar-refractivity contribution is 0.0698. The third-order valence-electron chi connectivity index (χ3n) is 2.55. The molecule has 2 aromatic rings. The maximum absolute atomic E-state index is 11.1. The van der Waals surface area contributed by atoms with E-state index < -0.39 is 5.97 Å². The maximum Gasteiger partial charge on any atom is 0.339 e. The van der Waals surface area contributed by atoms with Gasteiger partial charge in [0.1, 0.15) is 5.56 Å². The number of halogens is 1. The number of carboxylic acids is 1. The molecule has 0 radical (unpaired) electrons. The number of hydrogen-bond donors (Lipinski definition) is 2. The Bertz CT molecular complexity index is 555. The van der Waals surface area contributed by atoms with Gasteiger partial charge in [-0.05, 0) is 17.7 Å². The SMILES string of the molecule is O=C(O)c1c(Cl)cccc1NCc1ccccc1. The molecule has 2 rings (SSSR count). The van der Waals surface area contributed by atoms with Crippen molar-refractivity contribution in [3.63, 3.8) is 0 Å². The van der Waals surface area contributed by atoms with Gasteiger partial charge in [-0.15, -0.1) is 0 Å². The van der Waals surface area contributed by atoms with Gasteiger partial charge in [0, 0.05) is 6.54 Å². The van der Waals surface area contributed by atoms with E-state index in [-0.39, 0.29) is 10.6 Å². The van der Waals surface area contributed by atoms with Crippen molar-refractivity contribution in [2.24, 2.45) is 0 Å². The summed E-state index contributed by atoms with van der Waals surface area (Å²) < 4.78 is 0. The van der Waals surface area contributed by atoms with Gasteiger partial charge in [0.15, 0.2) is 0 Å². The molecule has 0 atom stereocenters. The molecule has 0 bridgehead atoms. The second-order valence-corrected chi connectivity index (χ2v) is 4.21. The molecule has 0 aliphatic carbocycles. The highest BCUT2D eigenvalue weighted by Gasteiger charge is 2.13. The second kappa shape index (κ2) is 5.56. The first-order valence-corrected chi connectivity index (χ1v) is 5.86. The van der Waals surface area contributed by atoms with Gasteiger partial charge in [-0.1, -0.05) is 48.0 Å². The zero-order valence-corrected chi connectivity index (χ0v) is 10.3. The molecule has 92 valence electrons. The van der Waals surface area contributed by atoms with Crippen LogP contribution in [0.3, 0.4) is 0 Å². The van der Waals surface area contributed by atoms with Gasteiger partial charge in [0.05, 0.1) is 10.7 Å². The van der Waals surface area contributed by atoms with E-state index in [0.717, 1.165) is 5.56 Å². The molecule has 0 aliphatic rings. The Morgan fingerprint density at radius 1 is 1.11 bits per heavy atom. The van der Waals surface area contributed by atoms with Crippen molar-refractivity contribution in [2.75, 3.05) is 5.32 Å². The summed E-state index contributed by atoms with van der Waals surface area (Å²) in [6.07, 6.45) is 0. The molecule has 0 saturated heterocycles. The first kappa shape index (κ1) is 12.5. The van der Waals surface area contributed by atoms with E-state index in [1.807, 2.05) is 30.3 Å². The number of benzene rings is 2. The highest BCUT2D eigenvalue weighted by atomic mass is 35.5. The molecule has 18 heavy (non-hydrogen) atoms. The van der Waals surface area contributed by atoms with E-state index >= 15 is 0 Å². The number of carboxylic acid groups (broad SMARTS) is 1. The second-order valence-electron chi connectivity index (χ2n) is 3.81. The minimum atomic E-state index is -1.03. The van der Waals surface area contributed by atoms with Crippen LogP contribution in [0.2, 0.25) is 5.02 Å². The molecule has 4 heteroatoms. The number of anilines is 1. The van der Waals surface area contributed by atoms with Crippen LogP contribution in [0, 0.1) is 0 Å². The van der Waals surface area contributed by atoms with E-state index in [1.54, 1.807) is 18.2 Å². The Balaban J connectivity index is 2.20. The van der Waals surface area contributed by atoms with E-state index in [1.165, 1.54) is 0 Å². The van der Waals surface area contributed by atoms with Crippen LogP contribution in [-0.2, 0) is 6.54 Å². The number of aromatic carboxylic acids is 1. The monoisotopic (exact) mass is 261 g/mol. The molecule has 0 aliphatic heterocycles. The average Bonchev–Trinajstić information content (AvgIpc) is 2.37. The number of hydrogen-bond acceptors (Lipinski definition) is 2. The predicted octanol–water partition coefficient (Wildman–Crippen LogP) is 3.65. The predicted molar refractivity (Wildman–Crippen MR) is 72.2 cm³/mol. The van der Waals surface area contributed by atoms with Crippen molar-refractivity contribution in [1.82, 2.24) is 0 Å². The summed E-state index contributed by atoms with van der Waals surface area (Å²) >= 11 is 5.89. The van der Waals surface area contributed by atoms with Crippen LogP contribution in [-0.4, -0.2) is 11.1 Å². The third kappa shape index (κ3) is 2.81. The molecule has 0 amide bonds. The highest BCUT2D eigenvalue weighted by molar-refractivity contribution is 6.34. The lowest BCUT2D eigenvalue weighted by Crippen LogP contribution is -2.06. The fraction of sp³-hybridized carbons (Fsp3) is 0.0714. The van der Waals surface area contributed by atoms with Crippen LogP contribution in [0.15, 0.2) is 48.5 Å². The van der Waals surface area contributed by atoms with Crippen LogP contribution >= 0.6 is 11.6 Å². The Labute approximate surface area is 110 Å². The standard InChI is InChI=1S/C14H12ClNO2/c15-11-7-4-8-12(13(11)14(17)18)16-9-10-5-2-1-3-6-10/h1-8,16H,9H2,(H,17,18). The average molecular weight is 262 g/mol. The summed E-state index contributed by atoms with van der Waals surface area (Å²) in [7, 11) is 0. The molecule has 0 unspecified atom stereocenters. The smallest absolute Gasteiger partial charge is 0.339 e. The van der Waals surface area contributed by atoms with Crippen molar-refractivity contribution in [3.05, 3.63) is 64.7 Å². The van der Waals surface area contributed by atoms with Crippen molar-refractivity contribution in [1.29, 1.82) is 0 Å². The number of rotatable bonds is 4. The molecule has 0 heterocycles. The summed E-state index contributed by atoms with van der Waals surface area (Å²) in [6, 6.07) is 14.8. The normalized spacial score (nSPS) is 10.1. The molecule has 2 aromatic carbocycles. The van der Waals surface area contributed by atoms with Crippen molar-refractivity contribution in [2.45, 2.75) is 6.54 Å². The fourth-order valence-electron chi connectivity index (χ4n) is 1.68. The third-order valence-corrected chi connectivity index (χ3v) is 2.87. The van der Waals surface area contributed by atoms with Crippen LogP contribution in [0.25, 0.3) is 0 Å². The molecule has 0 spiro atoms. The molecule has 0 fully saturated rings. The molecule has 0 aromatic heterocycles. The Hall–Kier alpha value is -2.00. The number of nitrogens with one attached hydrogen (secondary N) is 1. The zero-order valence-electron chi connectivity index (χ0n) is 9.56. The van der Waals surface area contributed by atoms with E-state index in [4.69, 9.17) is 16.7 Å². The first-order chi connectivity index (χ1) is 8.68. The van der Waals surface area contributed by atoms with Gasteiger partial charge in [-0.2, -0.15) is 0 Å². The van der Waals surface area contributed by atoms with E-state index in [2.05, 4.69) is 5.32 Å². The molecule has 3 nitrogen and oxygen atoms in total. The quantitative estimate of drug-likeness (QED) is 0.883. The molecule has 2 N–H and O–H groups in total. The van der Waals surface area contributed by atoms with Crippen molar-refractivity contribution in [3.8, 4) is 0 Å². The lowest BCUT2D eigenvalue weighted by atomic mass is 10.1. The van der Waals surface area contributed by atoms with E-state index in [9.17, 15) is 4.79 Å². The van der Waals surface area contributed by atoms with Gasteiger partial charge in [-0.25, -0.2) is 4.79 Å². The summed E-state index contributed by atoms with van der Waals surface area (Å²) in [5.41, 5.74) is 1.71.